The zero-order valence-electron chi connectivity index (χ0n) is 8.77. The summed E-state index contributed by atoms with van der Waals surface area (Å²) in [7, 11) is 0. The Balaban J connectivity index is 2.38. The first kappa shape index (κ1) is 11.1. The minimum absolute atomic E-state index is 0.134. The fraction of sp³-hybridized carbons (Fsp3) is 0.273. The molecule has 0 saturated carbocycles. The van der Waals surface area contributed by atoms with Gasteiger partial charge in [-0.15, -0.1) is 0 Å². The molecule has 4 nitrogen and oxygen atoms in total. The Morgan fingerprint density at radius 1 is 1.44 bits per heavy atom. The standard InChI is InChI=1S/C11H11BrN2O2/c1-2-3-10-13-11(16-14-10)8-6-7(12)4-5-9(8)15/h4-6,15H,2-3H2,1H3. The van der Waals surface area contributed by atoms with E-state index < -0.39 is 0 Å². The summed E-state index contributed by atoms with van der Waals surface area (Å²) in [5, 5.41) is 13.5. The highest BCUT2D eigenvalue weighted by molar-refractivity contribution is 9.10. The molecule has 16 heavy (non-hydrogen) atoms. The molecule has 1 heterocycles. The molecule has 0 aliphatic heterocycles. The summed E-state index contributed by atoms with van der Waals surface area (Å²) in [6.07, 6.45) is 1.74. The SMILES string of the molecule is CCCc1noc(-c2cc(Br)ccc2O)n1. The maximum Gasteiger partial charge on any atom is 0.261 e. The van der Waals surface area contributed by atoms with Gasteiger partial charge in [0.2, 0.25) is 0 Å². The van der Waals surface area contributed by atoms with E-state index in [2.05, 4.69) is 26.1 Å². The van der Waals surface area contributed by atoms with Crippen molar-refractivity contribution in [1.82, 2.24) is 10.1 Å². The lowest BCUT2D eigenvalue weighted by molar-refractivity contribution is 0.417. The molecule has 1 aromatic heterocycles. The number of hydrogen-bond acceptors (Lipinski definition) is 4. The smallest absolute Gasteiger partial charge is 0.261 e. The summed E-state index contributed by atoms with van der Waals surface area (Å²) in [4.78, 5) is 4.21. The lowest BCUT2D eigenvalue weighted by Crippen LogP contribution is -1.85. The predicted molar refractivity (Wildman–Crippen MR) is 63.1 cm³/mol. The highest BCUT2D eigenvalue weighted by Crippen LogP contribution is 2.30. The van der Waals surface area contributed by atoms with Crippen LogP contribution in [0.1, 0.15) is 19.2 Å². The summed E-state index contributed by atoms with van der Waals surface area (Å²) >= 11 is 3.33. The monoisotopic (exact) mass is 282 g/mol. The predicted octanol–water partition coefficient (Wildman–Crippen LogP) is 3.16. The van der Waals surface area contributed by atoms with Crippen molar-refractivity contribution >= 4 is 15.9 Å². The van der Waals surface area contributed by atoms with Crippen molar-refractivity contribution in [2.45, 2.75) is 19.8 Å². The molecule has 2 rings (SSSR count). The van der Waals surface area contributed by atoms with Crippen molar-refractivity contribution in [2.24, 2.45) is 0 Å². The first-order valence-electron chi connectivity index (χ1n) is 5.02. The van der Waals surface area contributed by atoms with Crippen molar-refractivity contribution < 1.29 is 9.63 Å². The van der Waals surface area contributed by atoms with Crippen LogP contribution in [0, 0.1) is 0 Å². The number of phenolic OH excluding ortho intramolecular Hbond substituents is 1. The van der Waals surface area contributed by atoms with Gasteiger partial charge in [-0.1, -0.05) is 28.0 Å². The molecule has 0 amide bonds. The average molecular weight is 283 g/mol. The molecular formula is C11H11BrN2O2. The van der Waals surface area contributed by atoms with Crippen LogP contribution in [0.25, 0.3) is 11.5 Å². The number of phenols is 1. The van der Waals surface area contributed by atoms with E-state index in [1.807, 2.05) is 6.92 Å². The average Bonchev–Trinajstić information content (AvgIpc) is 2.71. The fourth-order valence-corrected chi connectivity index (χ4v) is 1.73. The Hall–Kier alpha value is -1.36. The Bertz CT molecular complexity index is 496. The zero-order chi connectivity index (χ0) is 11.5. The van der Waals surface area contributed by atoms with E-state index in [1.54, 1.807) is 18.2 Å². The molecular weight excluding hydrogens is 272 g/mol. The van der Waals surface area contributed by atoms with Crippen molar-refractivity contribution in [3.8, 4) is 17.2 Å². The van der Waals surface area contributed by atoms with Gasteiger partial charge in [0.05, 0.1) is 5.56 Å². The van der Waals surface area contributed by atoms with Gasteiger partial charge in [-0.25, -0.2) is 0 Å². The first-order valence-corrected chi connectivity index (χ1v) is 5.81. The van der Waals surface area contributed by atoms with Crippen LogP contribution < -0.4 is 0 Å². The normalized spacial score (nSPS) is 10.6. The molecule has 0 bridgehead atoms. The third-order valence-corrected chi connectivity index (χ3v) is 2.62. The van der Waals surface area contributed by atoms with Crippen LogP contribution in [0.2, 0.25) is 0 Å². The van der Waals surface area contributed by atoms with Crippen LogP contribution in [0.5, 0.6) is 5.75 Å². The molecule has 0 fully saturated rings. The van der Waals surface area contributed by atoms with E-state index in [0.29, 0.717) is 17.3 Å². The highest BCUT2D eigenvalue weighted by atomic mass is 79.9. The Kier molecular flexibility index (Phi) is 3.24. The van der Waals surface area contributed by atoms with Crippen LogP contribution in [0.4, 0.5) is 0 Å². The summed E-state index contributed by atoms with van der Waals surface area (Å²) in [6, 6.07) is 5.09. The molecule has 0 atom stereocenters. The molecule has 1 aromatic carbocycles. The summed E-state index contributed by atoms with van der Waals surface area (Å²) in [5.41, 5.74) is 0.546. The molecule has 1 N–H and O–H groups in total. The van der Waals surface area contributed by atoms with Gasteiger partial charge < -0.3 is 9.63 Å². The van der Waals surface area contributed by atoms with Gasteiger partial charge in [0, 0.05) is 10.9 Å². The number of benzene rings is 1. The van der Waals surface area contributed by atoms with E-state index in [1.165, 1.54) is 0 Å². The van der Waals surface area contributed by atoms with E-state index in [4.69, 9.17) is 4.52 Å². The minimum Gasteiger partial charge on any atom is -0.507 e. The van der Waals surface area contributed by atoms with Crippen LogP contribution in [-0.4, -0.2) is 15.2 Å². The lowest BCUT2D eigenvalue weighted by atomic mass is 10.2. The van der Waals surface area contributed by atoms with Crippen molar-refractivity contribution in [3.05, 3.63) is 28.5 Å². The molecule has 0 aliphatic carbocycles. The Morgan fingerprint density at radius 2 is 2.25 bits per heavy atom. The molecule has 84 valence electrons. The summed E-state index contributed by atoms with van der Waals surface area (Å²) in [5.74, 6) is 1.15. The molecule has 5 heteroatoms. The van der Waals surface area contributed by atoms with Crippen LogP contribution in [0.3, 0.4) is 0 Å². The third-order valence-electron chi connectivity index (χ3n) is 2.13. The minimum atomic E-state index is 0.134. The third kappa shape index (κ3) is 2.24. The number of nitrogens with zero attached hydrogens (tertiary/aromatic N) is 2. The van der Waals surface area contributed by atoms with Gasteiger partial charge in [-0.05, 0) is 24.6 Å². The number of aryl methyl sites for hydroxylation is 1. The number of halogens is 1. The van der Waals surface area contributed by atoms with Crippen LogP contribution in [0.15, 0.2) is 27.2 Å². The second-order valence-corrected chi connectivity index (χ2v) is 4.34. The van der Waals surface area contributed by atoms with E-state index >= 15 is 0 Å². The fourth-order valence-electron chi connectivity index (χ4n) is 1.37. The summed E-state index contributed by atoms with van der Waals surface area (Å²) in [6.45, 7) is 2.05. The van der Waals surface area contributed by atoms with E-state index in [-0.39, 0.29) is 5.75 Å². The Morgan fingerprint density at radius 3 is 3.00 bits per heavy atom. The van der Waals surface area contributed by atoms with Gasteiger partial charge in [0.25, 0.3) is 5.89 Å². The van der Waals surface area contributed by atoms with E-state index in [9.17, 15) is 5.11 Å². The van der Waals surface area contributed by atoms with Crippen molar-refractivity contribution in [3.63, 3.8) is 0 Å². The molecule has 0 radical (unpaired) electrons. The molecule has 0 unspecified atom stereocenters. The van der Waals surface area contributed by atoms with Crippen molar-refractivity contribution in [1.29, 1.82) is 0 Å². The number of aromatic hydroxyl groups is 1. The van der Waals surface area contributed by atoms with Gasteiger partial charge in [-0.3, -0.25) is 0 Å². The zero-order valence-corrected chi connectivity index (χ0v) is 10.4. The second kappa shape index (κ2) is 4.65. The maximum atomic E-state index is 9.68. The number of hydrogen-bond donors (Lipinski definition) is 1. The maximum absolute atomic E-state index is 9.68. The largest absolute Gasteiger partial charge is 0.507 e. The lowest BCUT2D eigenvalue weighted by Gasteiger charge is -1.99. The van der Waals surface area contributed by atoms with Gasteiger partial charge >= 0.3 is 0 Å². The van der Waals surface area contributed by atoms with Gasteiger partial charge in [-0.2, -0.15) is 4.98 Å². The highest BCUT2D eigenvalue weighted by Gasteiger charge is 2.12. The second-order valence-electron chi connectivity index (χ2n) is 3.43. The number of rotatable bonds is 3. The van der Waals surface area contributed by atoms with Crippen molar-refractivity contribution in [2.75, 3.05) is 0 Å². The van der Waals surface area contributed by atoms with Crippen LogP contribution >= 0.6 is 15.9 Å². The molecule has 0 aliphatic rings. The first-order chi connectivity index (χ1) is 7.70. The summed E-state index contributed by atoms with van der Waals surface area (Å²) < 4.78 is 5.95. The quantitative estimate of drug-likeness (QED) is 0.940. The number of aromatic nitrogens is 2. The Labute approximate surface area is 101 Å². The van der Waals surface area contributed by atoms with E-state index in [0.717, 1.165) is 17.3 Å². The molecule has 2 aromatic rings. The molecule has 0 spiro atoms. The topological polar surface area (TPSA) is 59.2 Å². The van der Waals surface area contributed by atoms with Crippen LogP contribution in [-0.2, 0) is 6.42 Å². The molecule has 0 saturated heterocycles. The van der Waals surface area contributed by atoms with Gasteiger partial charge in [0.1, 0.15) is 5.75 Å². The van der Waals surface area contributed by atoms with Gasteiger partial charge in [0.15, 0.2) is 5.82 Å².